The molecule has 0 aromatic heterocycles. The molecule has 0 fully saturated rings. The van der Waals surface area contributed by atoms with Crippen molar-refractivity contribution in [1.82, 2.24) is 5.32 Å². The zero-order valence-electron chi connectivity index (χ0n) is 13.5. The molecule has 4 nitrogen and oxygen atoms in total. The summed E-state index contributed by atoms with van der Waals surface area (Å²) in [4.78, 5) is 0. The lowest BCUT2D eigenvalue weighted by Crippen LogP contribution is -3.00. The lowest BCUT2D eigenvalue weighted by atomic mass is 10.1. The maximum Gasteiger partial charge on any atom is 0.166 e. The number of hydrogen-bond acceptors (Lipinski definition) is 4. The molecular weight excluding hydrogens is 314 g/mol. The predicted octanol–water partition coefficient (Wildman–Crippen LogP) is -0.331. The van der Waals surface area contributed by atoms with Crippen LogP contribution in [0.1, 0.15) is 16.7 Å². The van der Waals surface area contributed by atoms with E-state index >= 15 is 0 Å². The Labute approximate surface area is 143 Å². The van der Waals surface area contributed by atoms with E-state index in [-0.39, 0.29) is 19.0 Å². The molecule has 23 heavy (non-hydrogen) atoms. The quantitative estimate of drug-likeness (QED) is 0.648. The maximum absolute atomic E-state index is 8.87. The molecule has 0 aliphatic rings. The van der Waals surface area contributed by atoms with Gasteiger partial charge in [0.25, 0.3) is 0 Å². The van der Waals surface area contributed by atoms with Gasteiger partial charge in [-0.25, -0.2) is 0 Å². The SMILES string of the molecule is COc1cccc(CNCCO)c1OCc1ccc(C)cc1.[Cl-]. The molecule has 0 atom stereocenters. The molecule has 2 aromatic carbocycles. The minimum absolute atomic E-state index is 0. The highest BCUT2D eigenvalue weighted by atomic mass is 35.5. The number of hydrogen-bond donors (Lipinski definition) is 2. The fourth-order valence-corrected chi connectivity index (χ4v) is 2.17. The van der Waals surface area contributed by atoms with Crippen LogP contribution in [0.25, 0.3) is 0 Å². The Morgan fingerprint density at radius 3 is 2.48 bits per heavy atom. The van der Waals surface area contributed by atoms with Gasteiger partial charge in [-0.1, -0.05) is 42.0 Å². The topological polar surface area (TPSA) is 50.7 Å². The van der Waals surface area contributed by atoms with Gasteiger partial charge in [0.15, 0.2) is 11.5 Å². The first-order valence-electron chi connectivity index (χ1n) is 7.40. The van der Waals surface area contributed by atoms with Crippen molar-refractivity contribution < 1.29 is 27.0 Å². The Morgan fingerprint density at radius 2 is 1.83 bits per heavy atom. The number of rotatable bonds is 8. The van der Waals surface area contributed by atoms with Gasteiger partial charge in [0.1, 0.15) is 6.61 Å². The molecule has 2 aromatic rings. The molecule has 0 heterocycles. The molecule has 0 amide bonds. The minimum atomic E-state index is 0. The summed E-state index contributed by atoms with van der Waals surface area (Å²) in [5, 5.41) is 12.0. The lowest BCUT2D eigenvalue weighted by Gasteiger charge is -2.15. The van der Waals surface area contributed by atoms with Gasteiger partial charge in [0, 0.05) is 18.7 Å². The average Bonchev–Trinajstić information content (AvgIpc) is 2.55. The van der Waals surface area contributed by atoms with Crippen molar-refractivity contribution in [3.8, 4) is 11.5 Å². The summed E-state index contributed by atoms with van der Waals surface area (Å²) in [6, 6.07) is 14.1. The molecule has 0 aliphatic carbocycles. The largest absolute Gasteiger partial charge is 1.00 e. The van der Waals surface area contributed by atoms with Gasteiger partial charge in [-0.2, -0.15) is 0 Å². The number of methoxy groups -OCH3 is 1. The Bertz CT molecular complexity index is 587. The number of ether oxygens (including phenoxy) is 2. The van der Waals surface area contributed by atoms with E-state index < -0.39 is 0 Å². The summed E-state index contributed by atoms with van der Waals surface area (Å²) in [5.74, 6) is 1.46. The van der Waals surface area contributed by atoms with Crippen LogP contribution in [0.5, 0.6) is 11.5 Å². The zero-order chi connectivity index (χ0) is 15.8. The van der Waals surface area contributed by atoms with Crippen LogP contribution in [0.4, 0.5) is 0 Å². The minimum Gasteiger partial charge on any atom is -1.00 e. The van der Waals surface area contributed by atoms with E-state index in [9.17, 15) is 0 Å². The van der Waals surface area contributed by atoms with Crippen LogP contribution in [-0.4, -0.2) is 25.4 Å². The van der Waals surface area contributed by atoms with Crippen LogP contribution >= 0.6 is 0 Å². The predicted molar refractivity (Wildman–Crippen MR) is 87.3 cm³/mol. The third-order valence-corrected chi connectivity index (χ3v) is 3.39. The first-order chi connectivity index (χ1) is 10.7. The number of aryl methyl sites for hydroxylation is 1. The number of para-hydroxylation sites is 1. The van der Waals surface area contributed by atoms with Crippen molar-refractivity contribution in [2.75, 3.05) is 20.3 Å². The van der Waals surface area contributed by atoms with E-state index in [1.54, 1.807) is 7.11 Å². The lowest BCUT2D eigenvalue weighted by molar-refractivity contribution is -0.00000618. The molecule has 0 unspecified atom stereocenters. The molecule has 0 radical (unpaired) electrons. The van der Waals surface area contributed by atoms with Crippen LogP contribution in [0, 0.1) is 6.92 Å². The average molecular weight is 337 g/mol. The van der Waals surface area contributed by atoms with E-state index in [0.717, 1.165) is 22.6 Å². The van der Waals surface area contributed by atoms with Crippen molar-refractivity contribution in [3.63, 3.8) is 0 Å². The molecule has 0 aliphatic heterocycles. The Hall–Kier alpha value is -1.75. The second-order valence-electron chi connectivity index (χ2n) is 5.12. The second-order valence-corrected chi connectivity index (χ2v) is 5.12. The molecule has 2 N–H and O–H groups in total. The van der Waals surface area contributed by atoms with Gasteiger partial charge in [0.2, 0.25) is 0 Å². The van der Waals surface area contributed by atoms with E-state index in [1.165, 1.54) is 5.56 Å². The van der Waals surface area contributed by atoms with Gasteiger partial charge in [0.05, 0.1) is 13.7 Å². The maximum atomic E-state index is 8.87. The van der Waals surface area contributed by atoms with E-state index in [1.807, 2.05) is 18.2 Å². The normalized spacial score (nSPS) is 10.0. The van der Waals surface area contributed by atoms with Gasteiger partial charge < -0.3 is 32.3 Å². The Kier molecular flexibility index (Phi) is 8.48. The van der Waals surface area contributed by atoms with Crippen molar-refractivity contribution in [1.29, 1.82) is 0 Å². The molecule has 0 saturated carbocycles. The van der Waals surface area contributed by atoms with Gasteiger partial charge >= 0.3 is 0 Å². The molecule has 5 heteroatoms. The number of nitrogens with one attached hydrogen (secondary N) is 1. The second kappa shape index (κ2) is 10.1. The van der Waals surface area contributed by atoms with Crippen LogP contribution < -0.4 is 27.2 Å². The summed E-state index contributed by atoms with van der Waals surface area (Å²) in [6.07, 6.45) is 0. The van der Waals surface area contributed by atoms with Gasteiger partial charge in [-0.05, 0) is 18.6 Å². The van der Waals surface area contributed by atoms with Gasteiger partial charge in [-0.3, -0.25) is 0 Å². The van der Waals surface area contributed by atoms with Crippen LogP contribution in [-0.2, 0) is 13.2 Å². The highest BCUT2D eigenvalue weighted by Crippen LogP contribution is 2.31. The molecule has 0 bridgehead atoms. The van der Waals surface area contributed by atoms with E-state index in [2.05, 4.69) is 36.5 Å². The van der Waals surface area contributed by atoms with Crippen molar-refractivity contribution in [3.05, 3.63) is 59.2 Å². The standard InChI is InChI=1S/C18H23NO3.ClH/c1-14-6-8-15(9-7-14)13-22-18-16(12-19-10-11-20)4-3-5-17(18)21-2;/h3-9,19-20H,10-13H2,1-2H3;1H/p-1. The van der Waals surface area contributed by atoms with Crippen LogP contribution in [0.3, 0.4) is 0 Å². The summed E-state index contributed by atoms with van der Waals surface area (Å²) < 4.78 is 11.4. The zero-order valence-corrected chi connectivity index (χ0v) is 14.3. The third kappa shape index (κ3) is 5.75. The first-order valence-corrected chi connectivity index (χ1v) is 7.40. The smallest absolute Gasteiger partial charge is 0.166 e. The van der Waals surface area contributed by atoms with Crippen LogP contribution in [0.2, 0.25) is 0 Å². The monoisotopic (exact) mass is 336 g/mol. The fraction of sp³-hybridized carbons (Fsp3) is 0.333. The van der Waals surface area contributed by atoms with Crippen molar-refractivity contribution in [2.24, 2.45) is 0 Å². The number of aliphatic hydroxyl groups excluding tert-OH is 1. The molecule has 0 saturated heterocycles. The van der Waals surface area contributed by atoms with Crippen LogP contribution in [0.15, 0.2) is 42.5 Å². The Morgan fingerprint density at radius 1 is 1.09 bits per heavy atom. The van der Waals surface area contributed by atoms with Crippen molar-refractivity contribution in [2.45, 2.75) is 20.1 Å². The molecule has 0 spiro atoms. The van der Waals surface area contributed by atoms with E-state index in [0.29, 0.717) is 19.7 Å². The Balaban J connectivity index is 0.00000264. The highest BCUT2D eigenvalue weighted by Gasteiger charge is 2.10. The number of benzene rings is 2. The van der Waals surface area contributed by atoms with E-state index in [4.69, 9.17) is 14.6 Å². The third-order valence-electron chi connectivity index (χ3n) is 3.39. The molecular formula is C18H23ClNO3-. The first kappa shape index (κ1) is 19.3. The summed E-state index contributed by atoms with van der Waals surface area (Å²) >= 11 is 0. The summed E-state index contributed by atoms with van der Waals surface area (Å²) in [6.45, 7) is 3.85. The number of halogens is 1. The molecule has 126 valence electrons. The molecule has 2 rings (SSSR count). The number of aliphatic hydroxyl groups is 1. The summed E-state index contributed by atoms with van der Waals surface area (Å²) in [5.41, 5.74) is 3.36. The highest BCUT2D eigenvalue weighted by molar-refractivity contribution is 5.46. The summed E-state index contributed by atoms with van der Waals surface area (Å²) in [7, 11) is 1.64. The fourth-order valence-electron chi connectivity index (χ4n) is 2.17. The van der Waals surface area contributed by atoms with Gasteiger partial charge in [-0.15, -0.1) is 0 Å². The van der Waals surface area contributed by atoms with Crippen molar-refractivity contribution >= 4 is 0 Å².